The number of primary amides is 1. The summed E-state index contributed by atoms with van der Waals surface area (Å²) >= 11 is 0. The van der Waals surface area contributed by atoms with Gasteiger partial charge in [-0.2, -0.15) is 0 Å². The number of rotatable bonds is 23. The second-order valence-corrected chi connectivity index (χ2v) is 11.5. The van der Waals surface area contributed by atoms with Crippen LogP contribution in [-0.2, 0) is 44.8 Å². The minimum Gasteiger partial charge on any atom is -0.481 e. The molecule has 1 aromatic rings. The number of carbonyl (C=O) groups is 8. The zero-order chi connectivity index (χ0) is 38.0. The lowest BCUT2D eigenvalue weighted by atomic mass is 10.1. The average molecular weight is 713 g/mol. The van der Waals surface area contributed by atoms with Gasteiger partial charge in [-0.05, 0) is 46.1 Å². The highest BCUT2D eigenvalue weighted by atomic mass is 16.4. The molecule has 14 N–H and O–H groups in total. The molecule has 0 aliphatic heterocycles. The molecule has 21 nitrogen and oxygen atoms in total. The number of carboxylic acids is 1. The highest BCUT2D eigenvalue weighted by molar-refractivity contribution is 5.97. The van der Waals surface area contributed by atoms with E-state index >= 15 is 0 Å². The van der Waals surface area contributed by atoms with Gasteiger partial charge in [-0.25, -0.2) is 4.98 Å². The molecule has 0 fully saturated rings. The van der Waals surface area contributed by atoms with Crippen molar-refractivity contribution in [1.29, 1.82) is 0 Å². The van der Waals surface area contributed by atoms with Crippen molar-refractivity contribution in [3.05, 3.63) is 18.2 Å². The minimum absolute atomic E-state index is 0.192. The van der Waals surface area contributed by atoms with Crippen molar-refractivity contribution in [2.24, 2.45) is 11.5 Å². The van der Waals surface area contributed by atoms with Crippen LogP contribution in [0.3, 0.4) is 0 Å². The lowest BCUT2D eigenvalue weighted by molar-refractivity contribution is -0.139. The zero-order valence-electron chi connectivity index (χ0n) is 28.1. The summed E-state index contributed by atoms with van der Waals surface area (Å²) in [4.78, 5) is 106. The monoisotopic (exact) mass is 712 g/mol. The van der Waals surface area contributed by atoms with E-state index in [1.165, 1.54) is 26.4 Å². The molecule has 0 spiro atoms. The number of carbonyl (C=O) groups excluding carboxylic acids is 7. The summed E-state index contributed by atoms with van der Waals surface area (Å²) < 4.78 is 0. The Morgan fingerprint density at radius 3 is 1.90 bits per heavy atom. The molecule has 7 amide bonds. The highest BCUT2D eigenvalue weighted by Crippen LogP contribution is 2.05. The largest absolute Gasteiger partial charge is 0.481 e. The van der Waals surface area contributed by atoms with Crippen molar-refractivity contribution >= 4 is 47.3 Å². The van der Waals surface area contributed by atoms with Crippen LogP contribution in [0, 0.1) is 0 Å². The summed E-state index contributed by atoms with van der Waals surface area (Å²) in [6, 6.07) is -8.47. The fourth-order valence-electron chi connectivity index (χ4n) is 4.44. The predicted octanol–water partition coefficient (Wildman–Crippen LogP) is -5.25. The van der Waals surface area contributed by atoms with E-state index < -0.39 is 109 Å². The van der Waals surface area contributed by atoms with Crippen molar-refractivity contribution in [3.63, 3.8) is 0 Å². The van der Waals surface area contributed by atoms with Crippen LogP contribution < -0.4 is 43.4 Å². The van der Waals surface area contributed by atoms with Gasteiger partial charge in [0.25, 0.3) is 0 Å². The zero-order valence-corrected chi connectivity index (χ0v) is 28.1. The summed E-state index contributed by atoms with van der Waals surface area (Å²) in [5.74, 6) is -7.60. The lowest BCUT2D eigenvalue weighted by Gasteiger charge is -2.26. The van der Waals surface area contributed by atoms with E-state index in [0.29, 0.717) is 25.1 Å². The van der Waals surface area contributed by atoms with Crippen LogP contribution in [0.1, 0.15) is 58.6 Å². The van der Waals surface area contributed by atoms with Crippen molar-refractivity contribution in [3.8, 4) is 0 Å². The maximum atomic E-state index is 13.3. The van der Waals surface area contributed by atoms with Gasteiger partial charge >= 0.3 is 5.97 Å². The number of hydrogen-bond acceptors (Lipinski definition) is 12. The number of H-pyrrole nitrogens is 1. The Kier molecular flexibility index (Phi) is 18.6. The molecule has 0 aliphatic rings. The Morgan fingerprint density at radius 1 is 0.800 bits per heavy atom. The van der Waals surface area contributed by atoms with E-state index in [4.69, 9.17) is 16.6 Å². The third kappa shape index (κ3) is 15.4. The number of aromatic nitrogens is 2. The average Bonchev–Trinajstić information content (AvgIpc) is 3.55. The van der Waals surface area contributed by atoms with Gasteiger partial charge in [0.15, 0.2) is 0 Å². The quantitative estimate of drug-likeness (QED) is 0.0473. The van der Waals surface area contributed by atoms with Crippen molar-refractivity contribution in [2.75, 3.05) is 13.2 Å². The molecule has 7 atom stereocenters. The standard InChI is InChI=1S/C29H48N10O11/c1-14(25(46)36-18(24(31)45)6-4-5-9-30)34-27(48)20(10-17-11-32-13-33-17)38-28(49)21(12-40)39-26(47)19(7-8-22(43)44)37-29(50)23(15(2)41)35-16(3)42/h11,13-15,18-21,23,40-41H,4-10,12,30H2,1-3H3,(H2,31,45)(H,32,33)(H,34,48)(H,35,42)(H,36,46)(H,37,50)(H,38,49)(H,39,47)(H,43,44)/t14-,15+,18-,19-,20-,21-,23-/m0/s1. The van der Waals surface area contributed by atoms with Gasteiger partial charge in [0.1, 0.15) is 36.3 Å². The second kappa shape index (κ2) is 21.7. The Morgan fingerprint density at radius 2 is 1.38 bits per heavy atom. The number of aromatic amines is 1. The Bertz CT molecular complexity index is 1320. The number of carboxylic acid groups (broad SMARTS) is 1. The molecular formula is C29H48N10O11. The molecule has 1 aromatic heterocycles. The lowest BCUT2D eigenvalue weighted by Crippen LogP contribution is -2.61. The highest BCUT2D eigenvalue weighted by Gasteiger charge is 2.33. The van der Waals surface area contributed by atoms with E-state index in [-0.39, 0.29) is 12.8 Å². The number of nitrogens with two attached hydrogens (primary N) is 2. The molecule has 0 aliphatic carbocycles. The predicted molar refractivity (Wildman–Crippen MR) is 173 cm³/mol. The normalized spacial score (nSPS) is 15.1. The number of aliphatic hydroxyl groups excluding tert-OH is 2. The van der Waals surface area contributed by atoms with E-state index in [1.807, 2.05) is 0 Å². The number of hydrogen-bond donors (Lipinski definition) is 12. The van der Waals surface area contributed by atoms with Crippen LogP contribution in [0.2, 0.25) is 0 Å². The fraction of sp³-hybridized carbons (Fsp3) is 0.621. The van der Waals surface area contributed by atoms with Gasteiger partial charge in [0, 0.05) is 31.7 Å². The van der Waals surface area contributed by atoms with E-state index in [2.05, 4.69) is 41.9 Å². The van der Waals surface area contributed by atoms with Gasteiger partial charge in [0.05, 0.1) is 19.0 Å². The summed E-state index contributed by atoms with van der Waals surface area (Å²) in [5, 5.41) is 42.9. The van der Waals surface area contributed by atoms with Crippen LogP contribution in [-0.4, -0.2) is 128 Å². The fourth-order valence-corrected chi connectivity index (χ4v) is 4.44. The topological polar surface area (TPSA) is 350 Å². The molecule has 0 radical (unpaired) electrons. The summed E-state index contributed by atoms with van der Waals surface area (Å²) in [6.45, 7) is 2.99. The molecule has 0 saturated carbocycles. The summed E-state index contributed by atoms with van der Waals surface area (Å²) in [5.41, 5.74) is 11.2. The molecule has 1 rings (SSSR count). The minimum atomic E-state index is -1.72. The number of unbranched alkanes of at least 4 members (excludes halogenated alkanes) is 1. The molecule has 0 unspecified atom stereocenters. The Labute approximate surface area is 287 Å². The van der Waals surface area contributed by atoms with E-state index in [1.54, 1.807) is 0 Å². The molecule has 0 bridgehead atoms. The first-order valence-electron chi connectivity index (χ1n) is 15.8. The molecule has 21 heteroatoms. The third-order valence-corrected chi connectivity index (χ3v) is 7.19. The SMILES string of the molecule is CC(=O)N[C@H](C(=O)N[C@@H](CCC(=O)O)C(=O)N[C@@H](CO)C(=O)N[C@@H](Cc1cnc[nH]1)C(=O)N[C@@H](C)C(=O)N[C@@H](CCCCN)C(N)=O)[C@@H](C)O. The van der Waals surface area contributed by atoms with Crippen LogP contribution in [0.15, 0.2) is 12.5 Å². The number of amides is 7. The van der Waals surface area contributed by atoms with E-state index in [0.717, 1.165) is 6.92 Å². The first-order valence-corrected chi connectivity index (χ1v) is 15.8. The van der Waals surface area contributed by atoms with Gasteiger partial charge in [-0.3, -0.25) is 38.4 Å². The maximum Gasteiger partial charge on any atom is 0.303 e. The smallest absolute Gasteiger partial charge is 0.303 e. The van der Waals surface area contributed by atoms with Gasteiger partial charge < -0.3 is 63.7 Å². The molecular weight excluding hydrogens is 664 g/mol. The van der Waals surface area contributed by atoms with Gasteiger partial charge in [-0.1, -0.05) is 0 Å². The van der Waals surface area contributed by atoms with Gasteiger partial charge in [0.2, 0.25) is 41.4 Å². The molecule has 0 saturated heterocycles. The first-order chi connectivity index (χ1) is 23.5. The number of aliphatic carboxylic acids is 1. The Balaban J connectivity index is 3.11. The molecule has 280 valence electrons. The summed E-state index contributed by atoms with van der Waals surface area (Å²) in [7, 11) is 0. The Hall–Kier alpha value is -5.15. The van der Waals surface area contributed by atoms with Crippen LogP contribution >= 0.6 is 0 Å². The number of nitrogens with one attached hydrogen (secondary N) is 7. The molecule has 0 aromatic carbocycles. The summed E-state index contributed by atoms with van der Waals surface area (Å²) in [6.07, 6.45) is 1.32. The van der Waals surface area contributed by atoms with Crippen LogP contribution in [0.25, 0.3) is 0 Å². The second-order valence-electron chi connectivity index (χ2n) is 11.5. The molecule has 1 heterocycles. The number of imidazole rings is 1. The number of aliphatic hydroxyl groups is 2. The maximum absolute atomic E-state index is 13.3. The van der Waals surface area contributed by atoms with Crippen LogP contribution in [0.5, 0.6) is 0 Å². The van der Waals surface area contributed by atoms with Gasteiger partial charge in [-0.15, -0.1) is 0 Å². The van der Waals surface area contributed by atoms with E-state index in [9.17, 15) is 48.6 Å². The molecule has 50 heavy (non-hydrogen) atoms. The van der Waals surface area contributed by atoms with Crippen molar-refractivity contribution in [2.45, 2.75) is 102 Å². The van der Waals surface area contributed by atoms with Crippen molar-refractivity contribution in [1.82, 2.24) is 41.9 Å². The number of nitrogens with zero attached hydrogens (tertiary/aromatic N) is 1. The third-order valence-electron chi connectivity index (χ3n) is 7.19. The van der Waals surface area contributed by atoms with Crippen LogP contribution in [0.4, 0.5) is 0 Å². The first kappa shape index (κ1) is 42.9. The van der Waals surface area contributed by atoms with Crippen molar-refractivity contribution < 1.29 is 53.7 Å².